The van der Waals surface area contributed by atoms with Gasteiger partial charge in [0.2, 0.25) is 5.91 Å². The van der Waals surface area contributed by atoms with E-state index in [0.29, 0.717) is 5.56 Å². The Morgan fingerprint density at radius 3 is 2.85 bits per heavy atom. The molecule has 2 fully saturated rings. The summed E-state index contributed by atoms with van der Waals surface area (Å²) in [6.45, 7) is 0.437. The molecule has 6 atom stereocenters. The van der Waals surface area contributed by atoms with Gasteiger partial charge in [0.15, 0.2) is 17.7 Å². The molecule has 180 valence electrons. The molecule has 0 aromatic heterocycles. The lowest BCUT2D eigenvalue weighted by Crippen LogP contribution is -2.51. The minimum Gasteiger partial charge on any atom is -0.387 e. The van der Waals surface area contributed by atoms with Gasteiger partial charge in [0.25, 0.3) is 0 Å². The third-order valence-corrected chi connectivity index (χ3v) is 7.39. The van der Waals surface area contributed by atoms with Crippen LogP contribution in [0.1, 0.15) is 31.4 Å². The summed E-state index contributed by atoms with van der Waals surface area (Å²) < 4.78 is 63.3. The molecule has 0 aliphatic carbocycles. The molecule has 0 radical (unpaired) electrons. The second-order valence-electron chi connectivity index (χ2n) is 8.02. The molecule has 13 heteroatoms. The topological polar surface area (TPSA) is 112 Å². The maximum Gasteiger partial charge on any atom is 0.475 e. The summed E-state index contributed by atoms with van der Waals surface area (Å²) in [4.78, 5) is 24.4. The van der Waals surface area contributed by atoms with Gasteiger partial charge in [-0.1, -0.05) is 17.7 Å². The number of ether oxygens (including phenoxy) is 1. The SMILES string of the molecule is C[C@@]1(F)[C@H](O)[C@@H](COP2(=O)OCC[C@H](c3ccc(Cl)c(F)c3)O2)O[C@H]1N1C=CC(=O)CC1=O. The van der Waals surface area contributed by atoms with Crippen LogP contribution >= 0.6 is 19.4 Å². The molecule has 3 aliphatic rings. The van der Waals surface area contributed by atoms with Crippen molar-refractivity contribution >= 4 is 31.1 Å². The number of carbonyl (C=O) groups is 2. The number of halogens is 3. The summed E-state index contributed by atoms with van der Waals surface area (Å²) in [6.07, 6.45) is -3.39. The van der Waals surface area contributed by atoms with Crippen LogP contribution in [0.3, 0.4) is 0 Å². The quantitative estimate of drug-likeness (QED) is 0.478. The first-order chi connectivity index (χ1) is 15.5. The lowest BCUT2D eigenvalue weighted by molar-refractivity contribution is -0.151. The number of amides is 1. The number of alkyl halides is 1. The van der Waals surface area contributed by atoms with Gasteiger partial charge in [-0.15, -0.1) is 0 Å². The van der Waals surface area contributed by atoms with E-state index in [9.17, 15) is 23.7 Å². The number of ketones is 1. The fourth-order valence-corrected chi connectivity index (χ4v) is 5.30. The van der Waals surface area contributed by atoms with E-state index in [-0.39, 0.29) is 18.1 Å². The molecule has 0 spiro atoms. The Morgan fingerprint density at radius 1 is 1.39 bits per heavy atom. The number of phosphoric ester groups is 1. The van der Waals surface area contributed by atoms with Gasteiger partial charge in [0.05, 0.1) is 30.8 Å². The summed E-state index contributed by atoms with van der Waals surface area (Å²) in [5.74, 6) is -1.79. The third-order valence-electron chi connectivity index (χ3n) is 5.60. The normalized spacial score (nSPS) is 37.1. The maximum atomic E-state index is 15.3. The van der Waals surface area contributed by atoms with Crippen LogP contribution in [0.5, 0.6) is 0 Å². The van der Waals surface area contributed by atoms with Crippen LogP contribution in [-0.2, 0) is 32.5 Å². The Bertz CT molecular complexity index is 1040. The number of carbonyl (C=O) groups excluding carboxylic acids is 2. The molecule has 3 heterocycles. The van der Waals surface area contributed by atoms with Gasteiger partial charge in [-0.05, 0) is 30.7 Å². The van der Waals surface area contributed by atoms with E-state index in [2.05, 4.69) is 0 Å². The molecule has 2 saturated heterocycles. The number of phosphoric acid groups is 1. The molecule has 33 heavy (non-hydrogen) atoms. The van der Waals surface area contributed by atoms with Crippen LogP contribution in [0.2, 0.25) is 5.02 Å². The third kappa shape index (κ3) is 4.90. The number of rotatable bonds is 5. The monoisotopic (exact) mass is 507 g/mol. The molecule has 0 bridgehead atoms. The fraction of sp³-hybridized carbons (Fsp3) is 0.500. The molecule has 4 rings (SSSR count). The molecule has 1 N–H and O–H groups in total. The van der Waals surface area contributed by atoms with E-state index in [1.165, 1.54) is 12.1 Å². The van der Waals surface area contributed by atoms with Crippen molar-refractivity contribution in [2.45, 2.75) is 50.0 Å². The van der Waals surface area contributed by atoms with Crippen LogP contribution in [0.4, 0.5) is 8.78 Å². The standard InChI is InChI=1S/C20H21ClF2NO8P/c1-20(23)18(27)16(31-19(20)24-6-4-12(25)9-17(24)26)10-30-33(28)29-7-5-15(32-33)11-2-3-13(21)14(22)8-11/h2-4,6,8,15-16,18-19,27H,5,7,9-10H2,1H3/t15-,16-,18-,19-,20-,33?/m1/s1. The van der Waals surface area contributed by atoms with Gasteiger partial charge in [-0.3, -0.25) is 28.1 Å². The van der Waals surface area contributed by atoms with Crippen molar-refractivity contribution in [1.29, 1.82) is 0 Å². The number of benzene rings is 1. The molecule has 9 nitrogen and oxygen atoms in total. The van der Waals surface area contributed by atoms with E-state index in [4.69, 9.17) is 29.9 Å². The number of hydrogen-bond donors (Lipinski definition) is 1. The lowest BCUT2D eigenvalue weighted by Gasteiger charge is -2.32. The van der Waals surface area contributed by atoms with Crippen LogP contribution in [0.25, 0.3) is 0 Å². The smallest absolute Gasteiger partial charge is 0.387 e. The predicted molar refractivity (Wildman–Crippen MR) is 109 cm³/mol. The van der Waals surface area contributed by atoms with Gasteiger partial charge < -0.3 is 9.84 Å². The summed E-state index contributed by atoms with van der Waals surface area (Å²) >= 11 is 5.69. The zero-order valence-corrected chi connectivity index (χ0v) is 19.0. The highest BCUT2D eigenvalue weighted by atomic mass is 35.5. The molecule has 1 aromatic carbocycles. The molecule has 3 aliphatic heterocycles. The summed E-state index contributed by atoms with van der Waals surface area (Å²) in [6, 6.07) is 4.01. The maximum absolute atomic E-state index is 15.3. The number of aliphatic hydroxyl groups excluding tert-OH is 1. The Morgan fingerprint density at radius 2 is 2.15 bits per heavy atom. The average Bonchev–Trinajstić information content (AvgIpc) is 2.98. The number of allylic oxidation sites excluding steroid dienone is 1. The van der Waals surface area contributed by atoms with Crippen molar-refractivity contribution in [3.8, 4) is 0 Å². The Kier molecular flexibility index (Phi) is 6.76. The Hall–Kier alpha value is -1.72. The van der Waals surface area contributed by atoms with Crippen molar-refractivity contribution in [3.05, 3.63) is 46.9 Å². The number of aliphatic hydroxyl groups is 1. The van der Waals surface area contributed by atoms with Crippen LogP contribution < -0.4 is 0 Å². The first-order valence-electron chi connectivity index (χ1n) is 10.1. The molecular weight excluding hydrogens is 487 g/mol. The first-order valence-corrected chi connectivity index (χ1v) is 11.9. The van der Waals surface area contributed by atoms with Crippen LogP contribution in [0.15, 0.2) is 30.5 Å². The van der Waals surface area contributed by atoms with E-state index >= 15 is 4.39 Å². The van der Waals surface area contributed by atoms with Crippen LogP contribution in [0, 0.1) is 5.82 Å². The van der Waals surface area contributed by atoms with Gasteiger partial charge >= 0.3 is 7.82 Å². The van der Waals surface area contributed by atoms with Gasteiger partial charge in [-0.25, -0.2) is 13.3 Å². The predicted octanol–water partition coefficient (Wildman–Crippen LogP) is 3.21. The molecule has 1 amide bonds. The molecule has 0 saturated carbocycles. The van der Waals surface area contributed by atoms with Crippen LogP contribution in [-0.4, -0.2) is 59.0 Å². The van der Waals surface area contributed by atoms with Crippen molar-refractivity contribution in [2.24, 2.45) is 0 Å². The van der Waals surface area contributed by atoms with Gasteiger partial charge in [0, 0.05) is 12.6 Å². The summed E-state index contributed by atoms with van der Waals surface area (Å²) in [5.41, 5.74) is -2.04. The minimum atomic E-state index is -4.16. The van der Waals surface area contributed by atoms with Crippen molar-refractivity contribution < 1.29 is 46.3 Å². The van der Waals surface area contributed by atoms with Crippen molar-refractivity contribution in [2.75, 3.05) is 13.2 Å². The van der Waals surface area contributed by atoms with Gasteiger partial charge in [0.1, 0.15) is 18.0 Å². The summed E-state index contributed by atoms with van der Waals surface area (Å²) in [7, 11) is -4.16. The highest BCUT2D eigenvalue weighted by molar-refractivity contribution is 7.48. The first kappa shape index (κ1) is 24.4. The molecule has 1 unspecified atom stereocenters. The van der Waals surface area contributed by atoms with E-state index in [0.717, 1.165) is 30.2 Å². The Labute approximate surface area is 192 Å². The molecule has 1 aromatic rings. The van der Waals surface area contributed by atoms with Crippen molar-refractivity contribution in [1.82, 2.24) is 4.90 Å². The number of nitrogens with zero attached hydrogens (tertiary/aromatic N) is 1. The second-order valence-corrected chi connectivity index (χ2v) is 10.0. The van der Waals surface area contributed by atoms with Gasteiger partial charge in [-0.2, -0.15) is 0 Å². The average molecular weight is 508 g/mol. The summed E-state index contributed by atoms with van der Waals surface area (Å²) in [5, 5.41) is 10.3. The molecular formula is C20H21ClF2NO8P. The zero-order valence-electron chi connectivity index (χ0n) is 17.4. The second kappa shape index (κ2) is 9.14. The van der Waals surface area contributed by atoms with E-state index in [1.807, 2.05) is 0 Å². The number of hydrogen-bond acceptors (Lipinski definition) is 8. The highest BCUT2D eigenvalue weighted by Gasteiger charge is 2.57. The van der Waals surface area contributed by atoms with E-state index < -0.39 is 68.6 Å². The Balaban J connectivity index is 1.43. The zero-order chi connectivity index (χ0) is 24.0. The van der Waals surface area contributed by atoms with E-state index in [1.54, 1.807) is 0 Å². The fourth-order valence-electron chi connectivity index (χ4n) is 3.79. The van der Waals surface area contributed by atoms with Crippen molar-refractivity contribution in [3.63, 3.8) is 0 Å². The highest BCUT2D eigenvalue weighted by Crippen LogP contribution is 2.57. The minimum absolute atomic E-state index is 0.0230. The lowest BCUT2D eigenvalue weighted by atomic mass is 9.97. The largest absolute Gasteiger partial charge is 0.475 e.